The fourth-order valence-corrected chi connectivity index (χ4v) is 2.33. The van der Waals surface area contributed by atoms with Crippen molar-refractivity contribution in [1.82, 2.24) is 19.9 Å². The SMILES string of the molecule is Nc1ccc(C(=O)CCNc2cc(N)ncn2)cc1.Nc1ncnc(Cl)c1[N+](=O)[O-]. The molecule has 12 nitrogen and oxygen atoms in total. The molecule has 0 aliphatic rings. The number of hydrogen-bond donors (Lipinski definition) is 4. The lowest BCUT2D eigenvalue weighted by atomic mass is 10.1. The molecule has 0 unspecified atom stereocenters. The first-order valence-corrected chi connectivity index (χ1v) is 8.76. The zero-order valence-corrected chi connectivity index (χ0v) is 16.3. The summed E-state index contributed by atoms with van der Waals surface area (Å²) in [6, 6.07) is 8.49. The molecule has 0 radical (unpaired) electrons. The fraction of sp³-hybridized carbons (Fsp3) is 0.118. The largest absolute Gasteiger partial charge is 0.399 e. The van der Waals surface area contributed by atoms with Gasteiger partial charge in [-0.15, -0.1) is 0 Å². The second kappa shape index (κ2) is 10.5. The molecule has 7 N–H and O–H groups in total. The Morgan fingerprint density at radius 1 is 1.07 bits per heavy atom. The van der Waals surface area contributed by atoms with Crippen LogP contribution in [0.25, 0.3) is 0 Å². The second-order valence-corrected chi connectivity index (χ2v) is 6.06. The first kappa shape index (κ1) is 22.2. The highest BCUT2D eigenvalue weighted by Gasteiger charge is 2.18. The number of halogens is 1. The van der Waals surface area contributed by atoms with Gasteiger partial charge in [0.25, 0.3) is 0 Å². The van der Waals surface area contributed by atoms with Crippen molar-refractivity contribution in [3.8, 4) is 0 Å². The van der Waals surface area contributed by atoms with E-state index in [0.717, 1.165) is 6.33 Å². The molecular formula is C17H18ClN9O3. The van der Waals surface area contributed by atoms with E-state index in [1.165, 1.54) is 6.33 Å². The van der Waals surface area contributed by atoms with Gasteiger partial charge in [-0.2, -0.15) is 0 Å². The van der Waals surface area contributed by atoms with E-state index in [1.807, 2.05) is 0 Å². The summed E-state index contributed by atoms with van der Waals surface area (Å²) in [7, 11) is 0. The van der Waals surface area contributed by atoms with Gasteiger partial charge in [-0.3, -0.25) is 14.9 Å². The fourth-order valence-electron chi connectivity index (χ4n) is 2.13. The lowest BCUT2D eigenvalue weighted by molar-refractivity contribution is -0.384. The van der Waals surface area contributed by atoms with E-state index in [2.05, 4.69) is 25.3 Å². The zero-order valence-electron chi connectivity index (χ0n) is 15.5. The van der Waals surface area contributed by atoms with Crippen molar-refractivity contribution in [3.63, 3.8) is 0 Å². The number of rotatable bonds is 6. The third-order valence-corrected chi connectivity index (χ3v) is 3.84. The van der Waals surface area contributed by atoms with E-state index >= 15 is 0 Å². The molecule has 0 atom stereocenters. The van der Waals surface area contributed by atoms with Gasteiger partial charge in [0.05, 0.1) is 4.92 Å². The molecule has 0 aliphatic carbocycles. The summed E-state index contributed by atoms with van der Waals surface area (Å²) in [6.45, 7) is 0.486. The Kier molecular flexibility index (Phi) is 7.76. The number of nitro groups is 1. The Bertz CT molecular complexity index is 1010. The number of anilines is 4. The molecule has 3 aromatic rings. The molecule has 0 amide bonds. The molecule has 30 heavy (non-hydrogen) atoms. The Morgan fingerprint density at radius 3 is 2.30 bits per heavy atom. The van der Waals surface area contributed by atoms with Gasteiger partial charge in [-0.1, -0.05) is 11.6 Å². The average molecular weight is 432 g/mol. The monoisotopic (exact) mass is 431 g/mol. The van der Waals surface area contributed by atoms with Crippen molar-refractivity contribution in [1.29, 1.82) is 0 Å². The van der Waals surface area contributed by atoms with Crippen LogP contribution in [0.5, 0.6) is 0 Å². The smallest absolute Gasteiger partial charge is 0.348 e. The molecule has 3 rings (SSSR count). The van der Waals surface area contributed by atoms with E-state index in [4.69, 9.17) is 28.8 Å². The van der Waals surface area contributed by atoms with Crippen LogP contribution < -0.4 is 22.5 Å². The lowest BCUT2D eigenvalue weighted by Gasteiger charge is -2.05. The Labute approximate surface area is 175 Å². The topological polar surface area (TPSA) is 202 Å². The van der Waals surface area contributed by atoms with Gasteiger partial charge in [0, 0.05) is 30.3 Å². The third-order valence-electron chi connectivity index (χ3n) is 3.57. The maximum atomic E-state index is 11.9. The van der Waals surface area contributed by atoms with Gasteiger partial charge in [-0.05, 0) is 24.3 Å². The summed E-state index contributed by atoms with van der Waals surface area (Å²) in [4.78, 5) is 35.9. The predicted octanol–water partition coefficient (Wildman–Crippen LogP) is 1.95. The minimum absolute atomic E-state index is 0.0505. The number of benzene rings is 1. The Balaban J connectivity index is 0.000000248. The molecule has 0 saturated heterocycles. The first-order chi connectivity index (χ1) is 14.3. The van der Waals surface area contributed by atoms with Crippen molar-refractivity contribution in [2.24, 2.45) is 0 Å². The van der Waals surface area contributed by atoms with Crippen molar-refractivity contribution in [3.05, 3.63) is 63.8 Å². The summed E-state index contributed by atoms with van der Waals surface area (Å²) >= 11 is 5.35. The van der Waals surface area contributed by atoms with Gasteiger partial charge < -0.3 is 22.5 Å². The number of carbonyl (C=O) groups is 1. The van der Waals surface area contributed by atoms with Crippen LogP contribution in [0.3, 0.4) is 0 Å². The van der Waals surface area contributed by atoms with Crippen LogP contribution in [-0.4, -0.2) is 37.2 Å². The normalized spacial score (nSPS) is 9.90. The molecule has 1 aromatic carbocycles. The van der Waals surface area contributed by atoms with Crippen molar-refractivity contribution in [2.45, 2.75) is 6.42 Å². The second-order valence-electron chi connectivity index (χ2n) is 5.71. The molecular weight excluding hydrogens is 414 g/mol. The van der Waals surface area contributed by atoms with Crippen molar-refractivity contribution < 1.29 is 9.72 Å². The lowest BCUT2D eigenvalue weighted by Crippen LogP contribution is -2.10. The van der Waals surface area contributed by atoms with Crippen LogP contribution in [0.15, 0.2) is 43.0 Å². The highest BCUT2D eigenvalue weighted by Crippen LogP contribution is 2.25. The van der Waals surface area contributed by atoms with E-state index < -0.39 is 10.6 Å². The number of carbonyl (C=O) groups excluding carboxylic acids is 1. The van der Waals surface area contributed by atoms with Crippen LogP contribution in [0, 0.1) is 10.1 Å². The van der Waals surface area contributed by atoms with E-state index in [9.17, 15) is 14.9 Å². The van der Waals surface area contributed by atoms with Crippen LogP contribution >= 0.6 is 11.6 Å². The van der Waals surface area contributed by atoms with Gasteiger partial charge in [-0.25, -0.2) is 19.9 Å². The van der Waals surface area contributed by atoms with E-state index in [0.29, 0.717) is 35.9 Å². The average Bonchev–Trinajstić information content (AvgIpc) is 2.68. The summed E-state index contributed by atoms with van der Waals surface area (Å²) < 4.78 is 0. The van der Waals surface area contributed by atoms with Gasteiger partial charge >= 0.3 is 5.69 Å². The standard InChI is InChI=1S/C13H15N5O.C4H3ClN4O2/c14-10-3-1-9(2-4-10)11(19)5-6-16-13-7-12(15)17-8-18-13;5-3-2(9(10)11)4(6)8-1-7-3/h1-4,7-8H,5-6,14H2,(H3,15,16,17,18);1H,(H2,6,7,8). The van der Waals surface area contributed by atoms with Crippen molar-refractivity contribution in [2.75, 3.05) is 29.1 Å². The zero-order chi connectivity index (χ0) is 22.1. The highest BCUT2D eigenvalue weighted by molar-refractivity contribution is 6.31. The maximum Gasteiger partial charge on any atom is 0.348 e. The third kappa shape index (κ3) is 6.53. The van der Waals surface area contributed by atoms with Crippen LogP contribution in [0.2, 0.25) is 5.15 Å². The maximum absolute atomic E-state index is 11.9. The molecule has 0 fully saturated rings. The predicted molar refractivity (Wildman–Crippen MR) is 113 cm³/mol. The Morgan fingerprint density at radius 2 is 1.73 bits per heavy atom. The summed E-state index contributed by atoms with van der Waals surface area (Å²) in [6.07, 6.45) is 2.80. The number of nitrogen functional groups attached to an aromatic ring is 3. The quantitative estimate of drug-likeness (QED) is 0.146. The number of aromatic nitrogens is 4. The number of nitrogens with two attached hydrogens (primary N) is 3. The first-order valence-electron chi connectivity index (χ1n) is 8.38. The van der Waals surface area contributed by atoms with E-state index in [1.54, 1.807) is 30.3 Å². The molecule has 0 saturated carbocycles. The molecule has 0 bridgehead atoms. The number of nitrogens with one attached hydrogen (secondary N) is 1. The van der Waals surface area contributed by atoms with Crippen LogP contribution in [-0.2, 0) is 0 Å². The van der Waals surface area contributed by atoms with Crippen molar-refractivity contribution >= 4 is 46.2 Å². The molecule has 13 heteroatoms. The minimum Gasteiger partial charge on any atom is -0.399 e. The Hall–Kier alpha value is -4.06. The summed E-state index contributed by atoms with van der Waals surface area (Å²) in [5, 5.41) is 13.0. The summed E-state index contributed by atoms with van der Waals surface area (Å²) in [5.74, 6) is 0.824. The summed E-state index contributed by atoms with van der Waals surface area (Å²) in [5.41, 5.74) is 17.1. The molecule has 0 spiro atoms. The molecule has 0 aliphatic heterocycles. The number of ketones is 1. The molecule has 2 heterocycles. The number of nitrogens with zero attached hydrogens (tertiary/aromatic N) is 5. The van der Waals surface area contributed by atoms with Gasteiger partial charge in [0.1, 0.15) is 24.3 Å². The van der Waals surface area contributed by atoms with Crippen LogP contribution in [0.1, 0.15) is 16.8 Å². The molecule has 156 valence electrons. The number of hydrogen-bond acceptors (Lipinski definition) is 11. The van der Waals surface area contributed by atoms with Gasteiger partial charge in [0.2, 0.25) is 11.0 Å². The van der Waals surface area contributed by atoms with E-state index in [-0.39, 0.29) is 16.8 Å². The molecule has 2 aromatic heterocycles. The highest BCUT2D eigenvalue weighted by atomic mass is 35.5. The van der Waals surface area contributed by atoms with Gasteiger partial charge in [0.15, 0.2) is 5.78 Å². The number of Topliss-reactive ketones (excluding diaryl/α,β-unsaturated/α-hetero) is 1. The van der Waals surface area contributed by atoms with Crippen LogP contribution in [0.4, 0.5) is 28.8 Å². The minimum atomic E-state index is -0.725.